The van der Waals surface area contributed by atoms with Crippen molar-refractivity contribution in [3.8, 4) is 11.8 Å². The molecule has 0 fully saturated rings. The third-order valence-corrected chi connectivity index (χ3v) is 4.36. The molecule has 0 aliphatic carbocycles. The molecule has 0 saturated heterocycles. The molecule has 0 bridgehead atoms. The summed E-state index contributed by atoms with van der Waals surface area (Å²) in [5.41, 5.74) is 2.56. The predicted molar refractivity (Wildman–Crippen MR) is 119 cm³/mol. The first-order chi connectivity index (χ1) is 14.1. The van der Waals surface area contributed by atoms with Gasteiger partial charge in [0.2, 0.25) is 0 Å². The fourth-order valence-corrected chi connectivity index (χ4v) is 3.05. The molecule has 5 nitrogen and oxygen atoms in total. The Bertz CT molecular complexity index is 860. The third-order valence-electron chi connectivity index (χ3n) is 4.36. The quantitative estimate of drug-likeness (QED) is 0.443. The van der Waals surface area contributed by atoms with Crippen molar-refractivity contribution in [3.63, 3.8) is 0 Å². The maximum Gasteiger partial charge on any atom is 0.266 e. The number of carbonyl (C=O) groups is 1. The fraction of sp³-hybridized carbons (Fsp3) is 0.333. The SMILES string of the molecule is CCCN(CCC)c1ccc(/C=C(\C#N)C(=O)Nc2ccccc2OCC)cc1. The molecule has 0 spiro atoms. The van der Waals surface area contributed by atoms with Gasteiger partial charge in [0, 0.05) is 18.8 Å². The van der Waals surface area contributed by atoms with Crippen LogP contribution in [0.25, 0.3) is 6.08 Å². The summed E-state index contributed by atoms with van der Waals surface area (Å²) in [5, 5.41) is 12.2. The summed E-state index contributed by atoms with van der Waals surface area (Å²) < 4.78 is 5.52. The van der Waals surface area contributed by atoms with E-state index in [2.05, 4.69) is 24.1 Å². The first-order valence-corrected chi connectivity index (χ1v) is 10.1. The summed E-state index contributed by atoms with van der Waals surface area (Å²) >= 11 is 0. The van der Waals surface area contributed by atoms with Crippen LogP contribution in [0.1, 0.15) is 39.2 Å². The number of nitrogens with one attached hydrogen (secondary N) is 1. The van der Waals surface area contributed by atoms with Crippen molar-refractivity contribution in [2.45, 2.75) is 33.6 Å². The number of ether oxygens (including phenoxy) is 1. The topological polar surface area (TPSA) is 65.4 Å². The second-order valence-corrected chi connectivity index (χ2v) is 6.63. The highest BCUT2D eigenvalue weighted by molar-refractivity contribution is 6.10. The summed E-state index contributed by atoms with van der Waals surface area (Å²) in [6.45, 7) is 8.73. The number of para-hydroxylation sites is 2. The summed E-state index contributed by atoms with van der Waals surface area (Å²) in [7, 11) is 0. The third kappa shape index (κ3) is 6.39. The van der Waals surface area contributed by atoms with Crippen molar-refractivity contribution < 1.29 is 9.53 Å². The zero-order valence-electron chi connectivity index (χ0n) is 17.4. The molecule has 0 radical (unpaired) electrons. The zero-order chi connectivity index (χ0) is 21.1. The lowest BCUT2D eigenvalue weighted by atomic mass is 10.1. The Balaban J connectivity index is 2.17. The van der Waals surface area contributed by atoms with Crippen LogP contribution < -0.4 is 15.0 Å². The number of nitriles is 1. The lowest BCUT2D eigenvalue weighted by Gasteiger charge is -2.23. The van der Waals surface area contributed by atoms with E-state index in [4.69, 9.17) is 4.74 Å². The Morgan fingerprint density at radius 1 is 1.07 bits per heavy atom. The molecular formula is C24H29N3O2. The van der Waals surface area contributed by atoms with E-state index in [-0.39, 0.29) is 5.57 Å². The molecule has 0 aliphatic rings. The van der Waals surface area contributed by atoms with Gasteiger partial charge in [-0.25, -0.2) is 0 Å². The van der Waals surface area contributed by atoms with E-state index in [1.807, 2.05) is 49.4 Å². The molecule has 2 aromatic rings. The Morgan fingerprint density at radius 2 is 1.72 bits per heavy atom. The highest BCUT2D eigenvalue weighted by atomic mass is 16.5. The van der Waals surface area contributed by atoms with Crippen LogP contribution in [0.3, 0.4) is 0 Å². The normalized spacial score (nSPS) is 10.9. The molecule has 2 aromatic carbocycles. The van der Waals surface area contributed by atoms with Crippen molar-refractivity contribution in [3.05, 3.63) is 59.7 Å². The summed E-state index contributed by atoms with van der Waals surface area (Å²) in [4.78, 5) is 14.9. The smallest absolute Gasteiger partial charge is 0.266 e. The van der Waals surface area contributed by atoms with Gasteiger partial charge >= 0.3 is 0 Å². The van der Waals surface area contributed by atoms with E-state index in [1.54, 1.807) is 18.2 Å². The van der Waals surface area contributed by atoms with Crippen molar-refractivity contribution in [2.75, 3.05) is 29.9 Å². The van der Waals surface area contributed by atoms with Gasteiger partial charge in [0.15, 0.2) is 0 Å². The van der Waals surface area contributed by atoms with E-state index in [1.165, 1.54) is 0 Å². The van der Waals surface area contributed by atoms with Crippen LogP contribution in [0.5, 0.6) is 5.75 Å². The first-order valence-electron chi connectivity index (χ1n) is 10.1. The lowest BCUT2D eigenvalue weighted by molar-refractivity contribution is -0.112. The summed E-state index contributed by atoms with van der Waals surface area (Å²) in [6.07, 6.45) is 3.78. The van der Waals surface area contributed by atoms with Gasteiger partial charge in [-0.1, -0.05) is 38.1 Å². The largest absolute Gasteiger partial charge is 0.492 e. The Morgan fingerprint density at radius 3 is 2.31 bits per heavy atom. The second kappa shape index (κ2) is 11.6. The van der Waals surface area contributed by atoms with Gasteiger partial charge in [-0.15, -0.1) is 0 Å². The molecule has 1 N–H and O–H groups in total. The molecule has 0 saturated carbocycles. The minimum absolute atomic E-state index is 0.0445. The van der Waals surface area contributed by atoms with Crippen LogP contribution >= 0.6 is 0 Å². The Kier molecular flexibility index (Phi) is 8.78. The van der Waals surface area contributed by atoms with E-state index < -0.39 is 5.91 Å². The van der Waals surface area contributed by atoms with Crippen LogP contribution in [-0.2, 0) is 4.79 Å². The molecule has 0 heterocycles. The highest BCUT2D eigenvalue weighted by Gasteiger charge is 2.12. The van der Waals surface area contributed by atoms with E-state index in [9.17, 15) is 10.1 Å². The van der Waals surface area contributed by atoms with Crippen molar-refractivity contribution >= 4 is 23.4 Å². The monoisotopic (exact) mass is 391 g/mol. The molecular weight excluding hydrogens is 362 g/mol. The van der Waals surface area contributed by atoms with E-state index >= 15 is 0 Å². The average molecular weight is 392 g/mol. The number of hydrogen-bond donors (Lipinski definition) is 1. The number of carbonyl (C=O) groups excluding carboxylic acids is 1. The van der Waals surface area contributed by atoms with E-state index in [0.717, 1.165) is 37.2 Å². The fourth-order valence-electron chi connectivity index (χ4n) is 3.05. The molecule has 0 aliphatic heterocycles. The zero-order valence-corrected chi connectivity index (χ0v) is 17.4. The molecule has 0 unspecified atom stereocenters. The molecule has 5 heteroatoms. The average Bonchev–Trinajstić information content (AvgIpc) is 2.74. The minimum Gasteiger partial charge on any atom is -0.492 e. The molecule has 1 amide bonds. The second-order valence-electron chi connectivity index (χ2n) is 6.63. The lowest BCUT2D eigenvalue weighted by Crippen LogP contribution is -2.24. The van der Waals surface area contributed by atoms with Gasteiger partial charge in [0.25, 0.3) is 5.91 Å². The molecule has 0 aromatic heterocycles. The number of hydrogen-bond acceptors (Lipinski definition) is 4. The molecule has 29 heavy (non-hydrogen) atoms. The van der Waals surface area contributed by atoms with Gasteiger partial charge in [-0.05, 0) is 55.7 Å². The van der Waals surface area contributed by atoms with Crippen LogP contribution in [-0.4, -0.2) is 25.6 Å². The van der Waals surface area contributed by atoms with Crippen molar-refractivity contribution in [1.29, 1.82) is 5.26 Å². The maximum atomic E-state index is 12.6. The van der Waals surface area contributed by atoms with Crippen LogP contribution in [0.15, 0.2) is 54.1 Å². The molecule has 2 rings (SSSR count). The standard InChI is InChI=1S/C24H29N3O2/c1-4-15-27(16-5-2)21-13-11-19(12-14-21)17-20(18-25)24(28)26-22-9-7-8-10-23(22)29-6-3/h7-14,17H,4-6,15-16H2,1-3H3,(H,26,28)/b20-17+. The number of benzene rings is 2. The van der Waals surface area contributed by atoms with Crippen LogP contribution in [0.4, 0.5) is 11.4 Å². The number of anilines is 2. The maximum absolute atomic E-state index is 12.6. The number of rotatable bonds is 10. The van der Waals surface area contributed by atoms with Crippen molar-refractivity contribution in [1.82, 2.24) is 0 Å². The summed E-state index contributed by atoms with van der Waals surface area (Å²) in [5.74, 6) is 0.124. The van der Waals surface area contributed by atoms with Gasteiger partial charge in [0.05, 0.1) is 12.3 Å². The van der Waals surface area contributed by atoms with Gasteiger partial charge in [-0.2, -0.15) is 5.26 Å². The van der Waals surface area contributed by atoms with Crippen molar-refractivity contribution in [2.24, 2.45) is 0 Å². The number of amides is 1. The Hall–Kier alpha value is -3.26. The van der Waals surface area contributed by atoms with E-state index in [0.29, 0.717) is 18.0 Å². The Labute approximate surface area is 173 Å². The first kappa shape index (κ1) is 22.0. The van der Waals surface area contributed by atoms with Gasteiger partial charge < -0.3 is 15.0 Å². The van der Waals surface area contributed by atoms with Crippen LogP contribution in [0, 0.1) is 11.3 Å². The number of nitrogens with zero attached hydrogens (tertiary/aromatic N) is 2. The molecule has 152 valence electrons. The van der Waals surface area contributed by atoms with Gasteiger partial charge in [0.1, 0.15) is 17.4 Å². The molecule has 0 atom stereocenters. The van der Waals surface area contributed by atoms with Crippen LogP contribution in [0.2, 0.25) is 0 Å². The highest BCUT2D eigenvalue weighted by Crippen LogP contribution is 2.24. The summed E-state index contributed by atoms with van der Waals surface area (Å²) in [6, 6.07) is 17.1. The van der Waals surface area contributed by atoms with Gasteiger partial charge in [-0.3, -0.25) is 4.79 Å². The predicted octanol–water partition coefficient (Wildman–Crippen LogP) is 5.26. The minimum atomic E-state index is -0.456.